The molecule has 0 heterocycles. The first-order valence-electron chi connectivity index (χ1n) is 6.70. The zero-order valence-electron chi connectivity index (χ0n) is 12.1. The average Bonchev–Trinajstić information content (AvgIpc) is 2.40. The molecule has 0 aliphatic rings. The lowest BCUT2D eigenvalue weighted by Crippen LogP contribution is -2.19. The van der Waals surface area contributed by atoms with E-state index < -0.39 is 7.60 Å². The van der Waals surface area contributed by atoms with Crippen molar-refractivity contribution in [1.29, 1.82) is 0 Å². The van der Waals surface area contributed by atoms with Gasteiger partial charge < -0.3 is 13.8 Å². The molecule has 0 aliphatic carbocycles. The van der Waals surface area contributed by atoms with Crippen molar-refractivity contribution in [2.75, 3.05) is 19.8 Å². The van der Waals surface area contributed by atoms with Crippen LogP contribution < -0.4 is 5.30 Å². The zero-order chi connectivity index (χ0) is 15.0. The van der Waals surface area contributed by atoms with Crippen LogP contribution in [0.5, 0.6) is 0 Å². The van der Waals surface area contributed by atoms with Crippen molar-refractivity contribution in [3.8, 4) is 0 Å². The summed E-state index contributed by atoms with van der Waals surface area (Å²) in [6, 6.07) is 6.92. The van der Waals surface area contributed by atoms with Gasteiger partial charge in [-0.15, -0.1) is 0 Å². The molecule has 0 aliphatic heterocycles. The smallest absolute Gasteiger partial charge is 0.361 e. The van der Waals surface area contributed by atoms with Gasteiger partial charge in [-0.25, -0.2) is 0 Å². The van der Waals surface area contributed by atoms with Crippen LogP contribution in [-0.2, 0) is 29.6 Å². The number of hydrogen-bond acceptors (Lipinski definition) is 5. The number of benzene rings is 1. The summed E-state index contributed by atoms with van der Waals surface area (Å²) < 4.78 is 28.3. The third-order valence-corrected chi connectivity index (χ3v) is 4.75. The van der Waals surface area contributed by atoms with Crippen LogP contribution >= 0.6 is 7.60 Å². The number of carbonyl (C=O) groups is 1. The Morgan fingerprint density at radius 3 is 2.20 bits per heavy atom. The van der Waals surface area contributed by atoms with Gasteiger partial charge in [-0.1, -0.05) is 18.2 Å². The molecule has 0 N–H and O–H groups in total. The van der Waals surface area contributed by atoms with E-state index in [9.17, 15) is 9.36 Å². The highest BCUT2D eigenvalue weighted by Crippen LogP contribution is 2.47. The lowest BCUT2D eigenvalue weighted by Gasteiger charge is -2.19. The van der Waals surface area contributed by atoms with E-state index in [1.165, 1.54) is 0 Å². The second-order valence-corrected chi connectivity index (χ2v) is 5.94. The molecule has 0 radical (unpaired) electrons. The summed E-state index contributed by atoms with van der Waals surface area (Å²) in [6.07, 6.45) is 0.0498. The number of ether oxygens (including phenoxy) is 1. The fourth-order valence-electron chi connectivity index (χ4n) is 1.81. The number of carbonyl (C=O) groups excluding carboxylic acids is 1. The third-order valence-electron chi connectivity index (χ3n) is 2.52. The van der Waals surface area contributed by atoms with Gasteiger partial charge in [-0.3, -0.25) is 9.36 Å². The van der Waals surface area contributed by atoms with Crippen molar-refractivity contribution in [2.45, 2.75) is 27.2 Å². The predicted molar refractivity (Wildman–Crippen MR) is 77.3 cm³/mol. The van der Waals surface area contributed by atoms with E-state index in [2.05, 4.69) is 0 Å². The Bertz CT molecular complexity index is 476. The van der Waals surface area contributed by atoms with Gasteiger partial charge in [-0.05, 0) is 32.4 Å². The van der Waals surface area contributed by atoms with Crippen LogP contribution in [-0.4, -0.2) is 25.8 Å². The Balaban J connectivity index is 3.09. The minimum absolute atomic E-state index is 0.0498. The molecule has 0 bridgehead atoms. The molecule has 112 valence electrons. The maximum atomic E-state index is 12.8. The molecule has 0 unspecified atom stereocenters. The van der Waals surface area contributed by atoms with E-state index in [-0.39, 0.29) is 25.6 Å². The maximum Gasteiger partial charge on any atom is 0.361 e. The van der Waals surface area contributed by atoms with Crippen molar-refractivity contribution < 1.29 is 23.1 Å². The molecule has 0 fully saturated rings. The van der Waals surface area contributed by atoms with Gasteiger partial charge in [0.1, 0.15) is 0 Å². The highest BCUT2D eigenvalue weighted by molar-refractivity contribution is 7.62. The summed E-state index contributed by atoms with van der Waals surface area (Å²) in [5.41, 5.74) is 0.608. The molecular weight excluding hydrogens is 279 g/mol. The first kappa shape index (κ1) is 16.9. The molecule has 20 heavy (non-hydrogen) atoms. The van der Waals surface area contributed by atoms with E-state index in [4.69, 9.17) is 13.8 Å². The lowest BCUT2D eigenvalue weighted by atomic mass is 10.1. The van der Waals surface area contributed by atoms with Crippen LogP contribution in [0.3, 0.4) is 0 Å². The summed E-state index contributed by atoms with van der Waals surface area (Å²) in [5, 5.41) is 0.428. The molecule has 0 saturated carbocycles. The van der Waals surface area contributed by atoms with Crippen molar-refractivity contribution in [2.24, 2.45) is 0 Å². The molecule has 0 spiro atoms. The Kier molecular flexibility index (Phi) is 6.93. The Labute approximate surface area is 119 Å². The molecule has 1 aromatic carbocycles. The lowest BCUT2D eigenvalue weighted by molar-refractivity contribution is -0.142. The van der Waals surface area contributed by atoms with E-state index in [0.29, 0.717) is 17.5 Å². The van der Waals surface area contributed by atoms with Crippen LogP contribution in [0.4, 0.5) is 0 Å². The van der Waals surface area contributed by atoms with Gasteiger partial charge in [-0.2, -0.15) is 0 Å². The first-order valence-corrected chi connectivity index (χ1v) is 8.24. The predicted octanol–water partition coefficient (Wildman–Crippen LogP) is 2.68. The summed E-state index contributed by atoms with van der Waals surface area (Å²) >= 11 is 0. The fourth-order valence-corrected chi connectivity index (χ4v) is 3.62. The second-order valence-electron chi connectivity index (χ2n) is 3.94. The van der Waals surface area contributed by atoms with Crippen LogP contribution in [0.25, 0.3) is 0 Å². The molecule has 0 saturated heterocycles. The summed E-state index contributed by atoms with van der Waals surface area (Å²) in [5.74, 6) is -0.362. The van der Waals surface area contributed by atoms with Gasteiger partial charge in [0.25, 0.3) is 0 Å². The highest BCUT2D eigenvalue weighted by atomic mass is 31.2. The molecule has 6 heteroatoms. The SMILES string of the molecule is CCOC(=O)Cc1ccccc1P(=O)(OCC)OCC. The summed E-state index contributed by atoms with van der Waals surface area (Å²) in [7, 11) is -3.39. The third kappa shape index (κ3) is 4.44. The second kappa shape index (κ2) is 8.20. The van der Waals surface area contributed by atoms with Crippen LogP contribution in [0.15, 0.2) is 24.3 Å². The molecule has 0 aromatic heterocycles. The molecule has 5 nitrogen and oxygen atoms in total. The quantitative estimate of drug-likeness (QED) is 0.545. The summed E-state index contributed by atoms with van der Waals surface area (Å²) in [4.78, 5) is 11.6. The zero-order valence-corrected chi connectivity index (χ0v) is 13.0. The van der Waals surface area contributed by atoms with Crippen LogP contribution in [0, 0.1) is 0 Å². The monoisotopic (exact) mass is 300 g/mol. The van der Waals surface area contributed by atoms with Gasteiger partial charge in [0, 0.05) is 0 Å². The first-order chi connectivity index (χ1) is 9.57. The molecule has 1 aromatic rings. The highest BCUT2D eigenvalue weighted by Gasteiger charge is 2.29. The molecule has 0 amide bonds. The van der Waals surface area contributed by atoms with Crippen molar-refractivity contribution >= 4 is 18.9 Å². The Morgan fingerprint density at radius 1 is 1.05 bits per heavy atom. The standard InChI is InChI=1S/C14H21O5P/c1-4-17-14(15)11-12-9-7-8-10-13(12)20(16,18-5-2)19-6-3/h7-10H,4-6,11H2,1-3H3. The van der Waals surface area contributed by atoms with E-state index in [1.807, 2.05) is 0 Å². The normalized spacial score (nSPS) is 11.3. The van der Waals surface area contributed by atoms with E-state index >= 15 is 0 Å². The maximum absolute atomic E-state index is 12.8. The molecule has 1 rings (SSSR count). The van der Waals surface area contributed by atoms with Crippen LogP contribution in [0.2, 0.25) is 0 Å². The van der Waals surface area contributed by atoms with Crippen LogP contribution in [0.1, 0.15) is 26.3 Å². The minimum Gasteiger partial charge on any atom is -0.466 e. The van der Waals surface area contributed by atoms with E-state index in [1.54, 1.807) is 45.0 Å². The van der Waals surface area contributed by atoms with Gasteiger partial charge in [0.05, 0.1) is 31.5 Å². The number of esters is 1. The van der Waals surface area contributed by atoms with Gasteiger partial charge in [0.2, 0.25) is 0 Å². The largest absolute Gasteiger partial charge is 0.466 e. The van der Waals surface area contributed by atoms with Crippen molar-refractivity contribution in [1.82, 2.24) is 0 Å². The van der Waals surface area contributed by atoms with Gasteiger partial charge in [0.15, 0.2) is 0 Å². The fraction of sp³-hybridized carbons (Fsp3) is 0.500. The van der Waals surface area contributed by atoms with Crippen molar-refractivity contribution in [3.63, 3.8) is 0 Å². The Hall–Kier alpha value is -1.16. The topological polar surface area (TPSA) is 61.8 Å². The number of rotatable bonds is 8. The van der Waals surface area contributed by atoms with Crippen molar-refractivity contribution in [3.05, 3.63) is 29.8 Å². The minimum atomic E-state index is -3.39. The molecular formula is C14H21O5P. The van der Waals surface area contributed by atoms with E-state index in [0.717, 1.165) is 0 Å². The average molecular weight is 300 g/mol. The Morgan fingerprint density at radius 2 is 1.65 bits per heavy atom. The number of hydrogen-bond donors (Lipinski definition) is 0. The summed E-state index contributed by atoms with van der Waals surface area (Å²) in [6.45, 7) is 6.10. The van der Waals surface area contributed by atoms with Gasteiger partial charge >= 0.3 is 13.6 Å². The molecule has 0 atom stereocenters.